The first-order valence-corrected chi connectivity index (χ1v) is 6.95. The second-order valence-corrected chi connectivity index (χ2v) is 4.77. The van der Waals surface area contributed by atoms with Crippen molar-refractivity contribution in [1.82, 2.24) is 10.3 Å². The SMILES string of the molecule is CCOC(=O)NC(=O)COC(=O)c1ccc2ncsc2c1. The van der Waals surface area contributed by atoms with Gasteiger partial charge in [0.05, 0.1) is 27.9 Å². The van der Waals surface area contributed by atoms with Crippen molar-refractivity contribution in [3.8, 4) is 0 Å². The van der Waals surface area contributed by atoms with Gasteiger partial charge in [0.2, 0.25) is 0 Å². The third-order valence-corrected chi connectivity index (χ3v) is 3.21. The van der Waals surface area contributed by atoms with Crippen LogP contribution in [-0.4, -0.2) is 36.2 Å². The number of nitrogens with zero attached hydrogens (tertiary/aromatic N) is 1. The summed E-state index contributed by atoms with van der Waals surface area (Å²) in [5.41, 5.74) is 2.78. The smallest absolute Gasteiger partial charge is 0.413 e. The molecule has 7 nitrogen and oxygen atoms in total. The largest absolute Gasteiger partial charge is 0.452 e. The highest BCUT2D eigenvalue weighted by Gasteiger charge is 2.13. The number of nitrogens with one attached hydrogen (secondary N) is 1. The zero-order valence-corrected chi connectivity index (χ0v) is 11.9. The second kappa shape index (κ2) is 6.80. The minimum absolute atomic E-state index is 0.147. The van der Waals surface area contributed by atoms with Gasteiger partial charge in [0, 0.05) is 0 Å². The van der Waals surface area contributed by atoms with Crippen LogP contribution in [0.25, 0.3) is 10.2 Å². The van der Waals surface area contributed by atoms with Crippen LogP contribution in [-0.2, 0) is 14.3 Å². The molecule has 0 spiro atoms. The molecule has 0 unspecified atom stereocenters. The van der Waals surface area contributed by atoms with E-state index >= 15 is 0 Å². The van der Waals surface area contributed by atoms with Gasteiger partial charge in [0.15, 0.2) is 6.61 Å². The zero-order valence-electron chi connectivity index (χ0n) is 11.1. The van der Waals surface area contributed by atoms with E-state index in [2.05, 4.69) is 9.72 Å². The van der Waals surface area contributed by atoms with Crippen molar-refractivity contribution in [1.29, 1.82) is 0 Å². The van der Waals surface area contributed by atoms with E-state index < -0.39 is 24.6 Å². The molecule has 0 radical (unpaired) electrons. The molecule has 1 heterocycles. The normalized spacial score (nSPS) is 10.1. The van der Waals surface area contributed by atoms with Crippen molar-refractivity contribution in [3.05, 3.63) is 29.3 Å². The number of fused-ring (bicyclic) bond motifs is 1. The molecule has 2 aromatic rings. The number of hydrogen-bond acceptors (Lipinski definition) is 7. The van der Waals surface area contributed by atoms with Crippen molar-refractivity contribution < 1.29 is 23.9 Å². The van der Waals surface area contributed by atoms with Gasteiger partial charge in [0.1, 0.15) is 0 Å². The number of carbonyl (C=O) groups excluding carboxylic acids is 3. The Balaban J connectivity index is 1.89. The molecule has 0 aliphatic heterocycles. The maximum absolute atomic E-state index is 11.8. The molecule has 0 saturated carbocycles. The van der Waals surface area contributed by atoms with Crippen LogP contribution in [0.5, 0.6) is 0 Å². The molecular formula is C13H12N2O5S. The number of carbonyl (C=O) groups is 3. The van der Waals surface area contributed by atoms with E-state index in [1.54, 1.807) is 30.6 Å². The summed E-state index contributed by atoms with van der Waals surface area (Å²) >= 11 is 1.40. The standard InChI is InChI=1S/C13H12N2O5S/c1-2-19-13(18)15-11(16)6-20-12(17)8-3-4-9-10(5-8)21-7-14-9/h3-5,7H,2,6H2,1H3,(H,15,16,18). The number of aromatic nitrogens is 1. The Labute approximate surface area is 123 Å². The van der Waals surface area contributed by atoms with Gasteiger partial charge in [-0.1, -0.05) is 0 Å². The molecule has 0 aliphatic rings. The third kappa shape index (κ3) is 3.99. The van der Waals surface area contributed by atoms with Crippen molar-refractivity contribution in [2.24, 2.45) is 0 Å². The maximum Gasteiger partial charge on any atom is 0.413 e. The molecule has 1 aromatic carbocycles. The number of thiazole rings is 1. The Kier molecular flexibility index (Phi) is 4.83. The van der Waals surface area contributed by atoms with E-state index in [1.165, 1.54) is 11.3 Å². The van der Waals surface area contributed by atoms with E-state index in [-0.39, 0.29) is 6.61 Å². The number of rotatable bonds is 4. The van der Waals surface area contributed by atoms with Gasteiger partial charge < -0.3 is 9.47 Å². The molecule has 21 heavy (non-hydrogen) atoms. The lowest BCUT2D eigenvalue weighted by Gasteiger charge is -2.05. The average molecular weight is 308 g/mol. The number of imide groups is 1. The molecule has 2 rings (SSSR count). The minimum atomic E-state index is -0.871. The molecule has 2 amide bonds. The lowest BCUT2D eigenvalue weighted by molar-refractivity contribution is -0.123. The number of alkyl carbamates (subject to hydrolysis) is 1. The van der Waals surface area contributed by atoms with Gasteiger partial charge in [-0.05, 0) is 25.1 Å². The molecule has 110 valence electrons. The highest BCUT2D eigenvalue weighted by molar-refractivity contribution is 7.16. The molecule has 0 bridgehead atoms. The second-order valence-electron chi connectivity index (χ2n) is 3.88. The Morgan fingerprint density at radius 1 is 1.29 bits per heavy atom. The Bertz CT molecular complexity index is 682. The number of amides is 2. The fourth-order valence-electron chi connectivity index (χ4n) is 1.51. The van der Waals surface area contributed by atoms with Gasteiger partial charge in [0.25, 0.3) is 5.91 Å². The maximum atomic E-state index is 11.8. The first-order chi connectivity index (χ1) is 10.1. The van der Waals surface area contributed by atoms with Crippen LogP contribution >= 0.6 is 11.3 Å². The summed E-state index contributed by atoms with van der Waals surface area (Å²) in [5, 5.41) is 1.93. The first kappa shape index (κ1) is 14.9. The van der Waals surface area contributed by atoms with Crippen molar-refractivity contribution in [2.45, 2.75) is 6.92 Å². The van der Waals surface area contributed by atoms with E-state index in [0.29, 0.717) is 5.56 Å². The van der Waals surface area contributed by atoms with E-state index in [0.717, 1.165) is 10.2 Å². The van der Waals surface area contributed by atoms with Crippen LogP contribution in [0.4, 0.5) is 4.79 Å². The van der Waals surface area contributed by atoms with Crippen molar-refractivity contribution >= 4 is 39.5 Å². The highest BCUT2D eigenvalue weighted by Crippen LogP contribution is 2.19. The predicted octanol–water partition coefficient (Wildman–Crippen LogP) is 1.73. The first-order valence-electron chi connectivity index (χ1n) is 6.07. The van der Waals surface area contributed by atoms with Crippen molar-refractivity contribution in [3.63, 3.8) is 0 Å². The molecule has 8 heteroatoms. The van der Waals surface area contributed by atoms with E-state index in [1.807, 2.05) is 5.32 Å². The summed E-state index contributed by atoms with van der Waals surface area (Å²) in [5.74, 6) is -1.40. The Morgan fingerprint density at radius 2 is 2.10 bits per heavy atom. The van der Waals surface area contributed by atoms with Crippen LogP contribution in [0.15, 0.2) is 23.7 Å². The topological polar surface area (TPSA) is 94.6 Å². The molecule has 1 aromatic heterocycles. The number of hydrogen-bond donors (Lipinski definition) is 1. The summed E-state index contributed by atoms with van der Waals surface area (Å²) in [6, 6.07) is 4.90. The van der Waals surface area contributed by atoms with Crippen LogP contribution in [0.3, 0.4) is 0 Å². The summed E-state index contributed by atoms with van der Waals surface area (Å²) < 4.78 is 10.2. The monoisotopic (exact) mass is 308 g/mol. The highest BCUT2D eigenvalue weighted by atomic mass is 32.1. The van der Waals surface area contributed by atoms with Gasteiger partial charge in [-0.25, -0.2) is 14.6 Å². The van der Waals surface area contributed by atoms with Crippen LogP contribution in [0.1, 0.15) is 17.3 Å². The lowest BCUT2D eigenvalue weighted by atomic mass is 10.2. The quantitative estimate of drug-likeness (QED) is 0.864. The number of esters is 1. The summed E-state index contributed by atoms with van der Waals surface area (Å²) in [4.78, 5) is 38.2. The van der Waals surface area contributed by atoms with E-state index in [9.17, 15) is 14.4 Å². The molecular weight excluding hydrogens is 296 g/mol. The fraction of sp³-hybridized carbons (Fsp3) is 0.231. The molecule has 0 atom stereocenters. The number of benzene rings is 1. The Hall–Kier alpha value is -2.48. The summed E-state index contributed by atoms with van der Waals surface area (Å²) in [6.45, 7) is 1.20. The molecule has 0 aliphatic carbocycles. The zero-order chi connectivity index (χ0) is 15.2. The van der Waals surface area contributed by atoms with Crippen LogP contribution in [0.2, 0.25) is 0 Å². The van der Waals surface area contributed by atoms with Gasteiger partial charge >= 0.3 is 12.1 Å². The van der Waals surface area contributed by atoms with Crippen molar-refractivity contribution in [2.75, 3.05) is 13.2 Å². The lowest BCUT2D eigenvalue weighted by Crippen LogP contribution is -2.34. The minimum Gasteiger partial charge on any atom is -0.452 e. The Morgan fingerprint density at radius 3 is 2.86 bits per heavy atom. The van der Waals surface area contributed by atoms with Gasteiger partial charge in [-0.2, -0.15) is 0 Å². The van der Waals surface area contributed by atoms with Crippen LogP contribution in [0, 0.1) is 0 Å². The average Bonchev–Trinajstić information content (AvgIpc) is 2.92. The van der Waals surface area contributed by atoms with E-state index in [4.69, 9.17) is 4.74 Å². The summed E-state index contributed by atoms with van der Waals surface area (Å²) in [7, 11) is 0. The molecule has 0 saturated heterocycles. The van der Waals surface area contributed by atoms with Gasteiger partial charge in [-0.15, -0.1) is 11.3 Å². The van der Waals surface area contributed by atoms with Gasteiger partial charge in [-0.3, -0.25) is 10.1 Å². The third-order valence-electron chi connectivity index (χ3n) is 2.42. The van der Waals surface area contributed by atoms with Crippen LogP contribution < -0.4 is 5.32 Å². The molecule has 1 N–H and O–H groups in total. The fourth-order valence-corrected chi connectivity index (χ4v) is 2.23. The predicted molar refractivity (Wildman–Crippen MR) is 75.1 cm³/mol. The summed E-state index contributed by atoms with van der Waals surface area (Å²) in [6.07, 6.45) is -0.871. The number of ether oxygens (including phenoxy) is 2. The molecule has 0 fully saturated rings.